The van der Waals surface area contributed by atoms with Gasteiger partial charge in [-0.1, -0.05) is 13.8 Å². The summed E-state index contributed by atoms with van der Waals surface area (Å²) in [5.41, 5.74) is 6.33. The van der Waals surface area contributed by atoms with Crippen LogP contribution in [0.25, 0.3) is 0 Å². The van der Waals surface area contributed by atoms with Crippen molar-refractivity contribution in [3.63, 3.8) is 0 Å². The summed E-state index contributed by atoms with van der Waals surface area (Å²) in [6, 6.07) is 3.97. The highest BCUT2D eigenvalue weighted by Crippen LogP contribution is 2.25. The standard InChI is InChI=1S/C11H18N4/c1-8-6-15(7-9(8)2)11-4-3-10(5-12)13-14-11/h3-4,8-9H,5-7,12H2,1-2H3. The van der Waals surface area contributed by atoms with E-state index in [1.165, 1.54) is 0 Å². The zero-order chi connectivity index (χ0) is 10.8. The van der Waals surface area contributed by atoms with Crippen molar-refractivity contribution in [1.82, 2.24) is 10.2 Å². The third-order valence-corrected chi connectivity index (χ3v) is 3.23. The van der Waals surface area contributed by atoms with Crippen LogP contribution in [0.5, 0.6) is 0 Å². The summed E-state index contributed by atoms with van der Waals surface area (Å²) in [5, 5.41) is 8.27. The fourth-order valence-electron chi connectivity index (χ4n) is 1.95. The highest BCUT2D eigenvalue weighted by molar-refractivity contribution is 5.38. The molecule has 1 aromatic rings. The maximum atomic E-state index is 5.48. The van der Waals surface area contributed by atoms with Gasteiger partial charge < -0.3 is 10.6 Å². The minimum Gasteiger partial charge on any atom is -0.355 e. The predicted octanol–water partition coefficient (Wildman–Crippen LogP) is 1.03. The van der Waals surface area contributed by atoms with Crippen molar-refractivity contribution in [2.24, 2.45) is 17.6 Å². The van der Waals surface area contributed by atoms with Crippen LogP contribution in [0.4, 0.5) is 5.82 Å². The molecule has 0 aliphatic carbocycles. The Labute approximate surface area is 90.5 Å². The predicted molar refractivity (Wildman–Crippen MR) is 60.5 cm³/mol. The number of nitrogens with two attached hydrogens (primary N) is 1. The van der Waals surface area contributed by atoms with E-state index < -0.39 is 0 Å². The molecule has 2 atom stereocenters. The zero-order valence-electron chi connectivity index (χ0n) is 9.35. The number of hydrogen-bond acceptors (Lipinski definition) is 4. The second-order valence-corrected chi connectivity index (χ2v) is 4.45. The minimum absolute atomic E-state index is 0.458. The van der Waals surface area contributed by atoms with Gasteiger partial charge in [0.25, 0.3) is 0 Å². The quantitative estimate of drug-likeness (QED) is 0.785. The number of aromatic nitrogens is 2. The van der Waals surface area contributed by atoms with E-state index in [2.05, 4.69) is 28.9 Å². The van der Waals surface area contributed by atoms with Crippen LogP contribution >= 0.6 is 0 Å². The third kappa shape index (κ3) is 2.09. The van der Waals surface area contributed by atoms with Crippen LogP contribution in [0.15, 0.2) is 12.1 Å². The number of hydrogen-bond donors (Lipinski definition) is 1. The normalized spacial score (nSPS) is 25.9. The first-order valence-corrected chi connectivity index (χ1v) is 5.48. The molecule has 2 heterocycles. The van der Waals surface area contributed by atoms with Gasteiger partial charge in [0.15, 0.2) is 5.82 Å². The van der Waals surface area contributed by atoms with Gasteiger partial charge >= 0.3 is 0 Å². The van der Waals surface area contributed by atoms with E-state index >= 15 is 0 Å². The Balaban J connectivity index is 2.10. The summed E-state index contributed by atoms with van der Waals surface area (Å²) < 4.78 is 0. The van der Waals surface area contributed by atoms with Crippen LogP contribution in [0.3, 0.4) is 0 Å². The summed E-state index contributed by atoms with van der Waals surface area (Å²) in [7, 11) is 0. The molecule has 0 spiro atoms. The smallest absolute Gasteiger partial charge is 0.151 e. The molecule has 1 fully saturated rings. The average Bonchev–Trinajstić information content (AvgIpc) is 2.59. The lowest BCUT2D eigenvalue weighted by molar-refractivity contribution is 0.494. The molecule has 1 aliphatic heterocycles. The molecular formula is C11H18N4. The number of anilines is 1. The lowest BCUT2D eigenvalue weighted by atomic mass is 10.0. The molecule has 0 saturated carbocycles. The van der Waals surface area contributed by atoms with E-state index in [-0.39, 0.29) is 0 Å². The van der Waals surface area contributed by atoms with Gasteiger partial charge in [-0.2, -0.15) is 5.10 Å². The second kappa shape index (κ2) is 4.14. The summed E-state index contributed by atoms with van der Waals surface area (Å²) in [6.07, 6.45) is 0. The van der Waals surface area contributed by atoms with Crippen molar-refractivity contribution in [2.75, 3.05) is 18.0 Å². The first kappa shape index (κ1) is 10.4. The van der Waals surface area contributed by atoms with E-state index in [1.807, 2.05) is 12.1 Å². The van der Waals surface area contributed by atoms with Crippen molar-refractivity contribution >= 4 is 5.82 Å². The highest BCUT2D eigenvalue weighted by atomic mass is 15.3. The molecule has 2 unspecified atom stereocenters. The number of nitrogens with zero attached hydrogens (tertiary/aromatic N) is 3. The second-order valence-electron chi connectivity index (χ2n) is 4.45. The lowest BCUT2D eigenvalue weighted by Crippen LogP contribution is -2.21. The molecule has 4 heteroatoms. The van der Waals surface area contributed by atoms with Gasteiger partial charge in [0, 0.05) is 19.6 Å². The van der Waals surface area contributed by atoms with E-state index in [0.29, 0.717) is 6.54 Å². The van der Waals surface area contributed by atoms with Crippen LogP contribution in [0, 0.1) is 11.8 Å². The Morgan fingerprint density at radius 3 is 2.40 bits per heavy atom. The molecule has 0 amide bonds. The molecule has 4 nitrogen and oxygen atoms in total. The first-order chi connectivity index (χ1) is 7.20. The Kier molecular flexibility index (Phi) is 2.86. The maximum Gasteiger partial charge on any atom is 0.151 e. The summed E-state index contributed by atoms with van der Waals surface area (Å²) in [5.74, 6) is 2.45. The van der Waals surface area contributed by atoms with Gasteiger partial charge in [-0.3, -0.25) is 0 Å². The minimum atomic E-state index is 0.458. The van der Waals surface area contributed by atoms with Crippen LogP contribution < -0.4 is 10.6 Å². The molecule has 82 valence electrons. The molecule has 0 aromatic carbocycles. The van der Waals surface area contributed by atoms with Crippen molar-refractivity contribution < 1.29 is 0 Å². The molecule has 1 saturated heterocycles. The molecule has 1 aliphatic rings. The maximum absolute atomic E-state index is 5.48. The Hall–Kier alpha value is -1.16. The van der Waals surface area contributed by atoms with Crippen LogP contribution in [-0.4, -0.2) is 23.3 Å². The van der Waals surface area contributed by atoms with Gasteiger partial charge in [-0.05, 0) is 24.0 Å². The van der Waals surface area contributed by atoms with Gasteiger partial charge in [0.2, 0.25) is 0 Å². The van der Waals surface area contributed by atoms with Gasteiger partial charge in [0.05, 0.1) is 5.69 Å². The molecule has 1 aromatic heterocycles. The van der Waals surface area contributed by atoms with E-state index in [0.717, 1.165) is 36.4 Å². The third-order valence-electron chi connectivity index (χ3n) is 3.23. The Morgan fingerprint density at radius 2 is 1.93 bits per heavy atom. The van der Waals surface area contributed by atoms with Crippen LogP contribution in [0.2, 0.25) is 0 Å². The topological polar surface area (TPSA) is 55.0 Å². The van der Waals surface area contributed by atoms with Crippen molar-refractivity contribution in [1.29, 1.82) is 0 Å². The molecule has 2 N–H and O–H groups in total. The molecule has 15 heavy (non-hydrogen) atoms. The summed E-state index contributed by atoms with van der Waals surface area (Å²) in [4.78, 5) is 2.29. The van der Waals surface area contributed by atoms with Crippen molar-refractivity contribution in [3.8, 4) is 0 Å². The molecule has 0 bridgehead atoms. The van der Waals surface area contributed by atoms with Gasteiger partial charge in [-0.15, -0.1) is 5.10 Å². The lowest BCUT2D eigenvalue weighted by Gasteiger charge is -2.16. The Morgan fingerprint density at radius 1 is 1.27 bits per heavy atom. The van der Waals surface area contributed by atoms with E-state index in [4.69, 9.17) is 5.73 Å². The van der Waals surface area contributed by atoms with Gasteiger partial charge in [0.1, 0.15) is 0 Å². The zero-order valence-corrected chi connectivity index (χ0v) is 9.35. The van der Waals surface area contributed by atoms with Crippen LogP contribution in [-0.2, 0) is 6.54 Å². The molecular weight excluding hydrogens is 188 g/mol. The fraction of sp³-hybridized carbons (Fsp3) is 0.636. The van der Waals surface area contributed by atoms with E-state index in [9.17, 15) is 0 Å². The molecule has 0 radical (unpaired) electrons. The Bertz CT molecular complexity index is 312. The first-order valence-electron chi connectivity index (χ1n) is 5.48. The van der Waals surface area contributed by atoms with Crippen molar-refractivity contribution in [2.45, 2.75) is 20.4 Å². The molecule has 2 rings (SSSR count). The van der Waals surface area contributed by atoms with Crippen molar-refractivity contribution in [3.05, 3.63) is 17.8 Å². The number of rotatable bonds is 2. The summed E-state index contributed by atoms with van der Waals surface area (Å²) >= 11 is 0. The largest absolute Gasteiger partial charge is 0.355 e. The van der Waals surface area contributed by atoms with E-state index in [1.54, 1.807) is 0 Å². The highest BCUT2D eigenvalue weighted by Gasteiger charge is 2.26. The summed E-state index contributed by atoms with van der Waals surface area (Å²) in [6.45, 7) is 7.19. The van der Waals surface area contributed by atoms with Gasteiger partial charge in [-0.25, -0.2) is 0 Å². The van der Waals surface area contributed by atoms with Crippen LogP contribution in [0.1, 0.15) is 19.5 Å². The fourth-order valence-corrected chi connectivity index (χ4v) is 1.95. The average molecular weight is 206 g/mol. The SMILES string of the molecule is CC1CN(c2ccc(CN)nn2)CC1C. The monoisotopic (exact) mass is 206 g/mol.